The molecule has 186 valence electrons. The van der Waals surface area contributed by atoms with Gasteiger partial charge < -0.3 is 4.90 Å². The van der Waals surface area contributed by atoms with Gasteiger partial charge in [0.25, 0.3) is 0 Å². The Hall–Kier alpha value is -2.35. The van der Waals surface area contributed by atoms with Crippen molar-refractivity contribution in [1.29, 1.82) is 0 Å². The maximum Gasteiger partial charge on any atom is 0.244 e. The molecule has 7 heteroatoms. The van der Waals surface area contributed by atoms with Gasteiger partial charge in [0.05, 0.1) is 0 Å². The highest BCUT2D eigenvalue weighted by molar-refractivity contribution is 7.97. The summed E-state index contributed by atoms with van der Waals surface area (Å²) in [5.74, 6) is -0.372. The van der Waals surface area contributed by atoms with Crippen molar-refractivity contribution in [3.05, 3.63) is 54.6 Å². The van der Waals surface area contributed by atoms with E-state index in [0.29, 0.717) is 12.3 Å². The minimum absolute atomic E-state index is 0.0620. The lowest BCUT2D eigenvalue weighted by Gasteiger charge is -2.30. The third-order valence-corrected chi connectivity index (χ3v) is 6.43. The highest BCUT2D eigenvalue weighted by atomic mass is 32.2. The molecule has 1 fully saturated rings. The lowest BCUT2D eigenvalue weighted by atomic mass is 9.92. The van der Waals surface area contributed by atoms with Gasteiger partial charge in [-0.2, -0.15) is 0 Å². The number of likely N-dealkylation sites (tertiary alicyclic amines) is 1. The molecule has 2 aromatic rings. The third-order valence-electron chi connectivity index (χ3n) is 5.58. The zero-order valence-corrected chi connectivity index (χ0v) is 21.7. The van der Waals surface area contributed by atoms with Crippen molar-refractivity contribution in [1.82, 2.24) is 14.7 Å². The Kier molecular flexibility index (Phi) is 12.2. The van der Waals surface area contributed by atoms with Crippen molar-refractivity contribution in [2.75, 3.05) is 27.2 Å². The minimum Gasteiger partial charge on any atom is -0.342 e. The van der Waals surface area contributed by atoms with Gasteiger partial charge in [0.15, 0.2) is 0 Å². The van der Waals surface area contributed by atoms with Crippen LogP contribution in [0.2, 0.25) is 0 Å². The minimum atomic E-state index is -0.481. The molecule has 0 aliphatic carbocycles. The summed E-state index contributed by atoms with van der Waals surface area (Å²) in [5.41, 5.74) is 4.15. The van der Waals surface area contributed by atoms with Crippen LogP contribution in [0.15, 0.2) is 59.5 Å². The molecule has 1 saturated heterocycles. The largest absolute Gasteiger partial charge is 0.342 e. The fraction of sp³-hybridized carbons (Fsp3) is 0.481. The molecule has 0 saturated carbocycles. The Morgan fingerprint density at radius 3 is 2.09 bits per heavy atom. The van der Waals surface area contributed by atoms with Gasteiger partial charge in [-0.05, 0) is 80.9 Å². The van der Waals surface area contributed by atoms with Gasteiger partial charge in [-0.15, -0.1) is 0 Å². The van der Waals surface area contributed by atoms with E-state index in [1.807, 2.05) is 24.8 Å². The molecule has 1 aliphatic heterocycles. The highest BCUT2D eigenvalue weighted by Gasteiger charge is 2.28. The van der Waals surface area contributed by atoms with E-state index in [0.717, 1.165) is 25.9 Å². The summed E-state index contributed by atoms with van der Waals surface area (Å²) in [6.07, 6.45) is 4.03. The zero-order chi connectivity index (χ0) is 24.9. The molecule has 1 atom stereocenters. The Labute approximate surface area is 208 Å². The normalized spacial score (nSPS) is 14.4. The van der Waals surface area contributed by atoms with Crippen molar-refractivity contribution in [2.24, 2.45) is 11.8 Å². The second-order valence-electron chi connectivity index (χ2n) is 9.25. The van der Waals surface area contributed by atoms with Gasteiger partial charge >= 0.3 is 0 Å². The standard InChI is InChI=1S/C14H15NS.C13H24N2O3/c1-15(2)16-14-10-8-13(9-11-14)12-6-4-3-5-7-12;1-10(2)8-11(9-12(16)14-18)13(17)15-6-4-3-5-7-15/h3-11H,1-2H3;10-11,18H,3-9H2,1-2H3,(H,14,16)/t;11-/m.1/s1. The number of rotatable bonds is 8. The molecule has 3 rings (SSSR count). The number of nitrogens with zero attached hydrogens (tertiary/aromatic N) is 2. The Morgan fingerprint density at radius 2 is 1.56 bits per heavy atom. The first kappa shape index (κ1) is 27.9. The molecule has 2 aromatic carbocycles. The molecule has 0 unspecified atom stereocenters. The Morgan fingerprint density at radius 1 is 0.971 bits per heavy atom. The van der Waals surface area contributed by atoms with E-state index in [1.165, 1.54) is 22.4 Å². The van der Waals surface area contributed by atoms with Gasteiger partial charge in [-0.25, -0.2) is 5.48 Å². The van der Waals surface area contributed by atoms with E-state index in [1.54, 1.807) is 17.4 Å². The summed E-state index contributed by atoms with van der Waals surface area (Å²) in [6.45, 7) is 5.67. The van der Waals surface area contributed by atoms with Crippen LogP contribution in [0.4, 0.5) is 0 Å². The second-order valence-corrected chi connectivity index (χ2v) is 10.6. The molecule has 0 bridgehead atoms. The van der Waals surface area contributed by atoms with Crippen LogP contribution in [-0.2, 0) is 9.59 Å². The fourth-order valence-electron chi connectivity index (χ4n) is 4.03. The monoisotopic (exact) mass is 485 g/mol. The number of carbonyl (C=O) groups excluding carboxylic acids is 2. The third kappa shape index (κ3) is 9.87. The molecule has 2 amide bonds. The Bertz CT molecular complexity index is 866. The summed E-state index contributed by atoms with van der Waals surface area (Å²) < 4.78 is 2.09. The lowest BCUT2D eigenvalue weighted by molar-refractivity contribution is -0.141. The number of piperidine rings is 1. The van der Waals surface area contributed by atoms with Crippen LogP contribution in [0, 0.1) is 11.8 Å². The quantitative estimate of drug-likeness (QED) is 0.294. The Balaban J connectivity index is 0.000000241. The van der Waals surface area contributed by atoms with Crippen molar-refractivity contribution >= 4 is 23.8 Å². The van der Waals surface area contributed by atoms with Gasteiger partial charge in [0, 0.05) is 30.3 Å². The maximum atomic E-state index is 12.3. The number of benzene rings is 2. The fourth-order valence-corrected chi connectivity index (χ4v) is 4.71. The predicted molar refractivity (Wildman–Crippen MR) is 139 cm³/mol. The number of nitrogens with one attached hydrogen (secondary N) is 1. The van der Waals surface area contributed by atoms with Crippen molar-refractivity contribution < 1.29 is 14.8 Å². The summed E-state index contributed by atoms with van der Waals surface area (Å²) in [7, 11) is 4.10. The van der Waals surface area contributed by atoms with Crippen LogP contribution in [-0.4, -0.2) is 53.4 Å². The van der Waals surface area contributed by atoms with E-state index >= 15 is 0 Å². The van der Waals surface area contributed by atoms with Crippen LogP contribution in [0.25, 0.3) is 11.1 Å². The maximum absolute atomic E-state index is 12.3. The number of amides is 2. The van der Waals surface area contributed by atoms with Crippen molar-refractivity contribution in [3.8, 4) is 11.1 Å². The van der Waals surface area contributed by atoms with Crippen LogP contribution >= 0.6 is 11.9 Å². The molecular weight excluding hydrogens is 446 g/mol. The summed E-state index contributed by atoms with van der Waals surface area (Å²) in [5, 5.41) is 8.59. The smallest absolute Gasteiger partial charge is 0.244 e. The average Bonchev–Trinajstić information content (AvgIpc) is 2.84. The number of carbonyl (C=O) groups is 2. The average molecular weight is 486 g/mol. The van der Waals surface area contributed by atoms with E-state index in [-0.39, 0.29) is 18.2 Å². The molecular formula is C27H39N3O3S. The zero-order valence-electron chi connectivity index (χ0n) is 20.9. The van der Waals surface area contributed by atoms with Crippen molar-refractivity contribution in [2.45, 2.75) is 50.8 Å². The van der Waals surface area contributed by atoms with Crippen LogP contribution < -0.4 is 5.48 Å². The van der Waals surface area contributed by atoms with Crippen LogP contribution in [0.1, 0.15) is 46.0 Å². The number of hydrogen-bond acceptors (Lipinski definition) is 5. The van der Waals surface area contributed by atoms with Crippen molar-refractivity contribution in [3.63, 3.8) is 0 Å². The first-order valence-corrected chi connectivity index (χ1v) is 12.8. The van der Waals surface area contributed by atoms with Gasteiger partial charge in [-0.3, -0.25) is 19.1 Å². The molecule has 1 heterocycles. The molecule has 6 nitrogen and oxygen atoms in total. The highest BCUT2D eigenvalue weighted by Crippen LogP contribution is 2.25. The van der Waals surface area contributed by atoms with E-state index in [9.17, 15) is 9.59 Å². The summed E-state index contributed by atoms with van der Waals surface area (Å²) >= 11 is 1.74. The molecule has 34 heavy (non-hydrogen) atoms. The van der Waals surface area contributed by atoms with Gasteiger partial charge in [-0.1, -0.05) is 56.3 Å². The lowest BCUT2D eigenvalue weighted by Crippen LogP contribution is -2.41. The summed E-state index contributed by atoms with van der Waals surface area (Å²) in [4.78, 5) is 26.7. The van der Waals surface area contributed by atoms with Crippen LogP contribution in [0.3, 0.4) is 0 Å². The first-order valence-electron chi connectivity index (χ1n) is 12.0. The second kappa shape index (κ2) is 14.8. The van der Waals surface area contributed by atoms with E-state index in [2.05, 4.69) is 66.9 Å². The van der Waals surface area contributed by atoms with E-state index in [4.69, 9.17) is 5.21 Å². The van der Waals surface area contributed by atoms with E-state index < -0.39 is 5.91 Å². The molecule has 0 spiro atoms. The predicted octanol–water partition coefficient (Wildman–Crippen LogP) is 5.48. The first-order chi connectivity index (χ1) is 16.3. The topological polar surface area (TPSA) is 72.9 Å². The molecule has 2 N–H and O–H groups in total. The summed E-state index contributed by atoms with van der Waals surface area (Å²) in [6, 6.07) is 19.1. The molecule has 0 aromatic heterocycles. The van der Waals surface area contributed by atoms with Crippen LogP contribution in [0.5, 0.6) is 0 Å². The number of hydrogen-bond donors (Lipinski definition) is 2. The molecule has 0 radical (unpaired) electrons. The SMILES string of the molecule is CC(C)C[C@H](CC(=O)NO)C(=O)N1CCCCC1.CN(C)Sc1ccc(-c2ccccc2)cc1. The van der Waals surface area contributed by atoms with Gasteiger partial charge in [0.2, 0.25) is 11.8 Å². The number of hydroxylamine groups is 1. The molecule has 1 aliphatic rings. The van der Waals surface area contributed by atoms with Gasteiger partial charge in [0.1, 0.15) is 0 Å².